The SMILES string of the molecule is C[C@H](c1ccccc1C1CCN(C(=O)OC(C)(C)C)CC1)n1c(=O)oc2c(F)c(S(N)(=O)=O)ccc21. The Bertz CT molecular complexity index is 1460. The van der Waals surface area contributed by atoms with Crippen LogP contribution in [-0.2, 0) is 14.8 Å². The molecule has 2 aromatic carbocycles. The summed E-state index contributed by atoms with van der Waals surface area (Å²) in [5.41, 5.74) is 0.990. The quantitative estimate of drug-likeness (QED) is 0.553. The van der Waals surface area contributed by atoms with Crippen LogP contribution in [0.1, 0.15) is 63.6 Å². The Morgan fingerprint density at radius 1 is 1.17 bits per heavy atom. The number of carbonyl (C=O) groups excluding carboxylic acids is 1. The Morgan fingerprint density at radius 3 is 2.42 bits per heavy atom. The van der Waals surface area contributed by atoms with E-state index in [9.17, 15) is 22.4 Å². The van der Waals surface area contributed by atoms with Gasteiger partial charge in [0, 0.05) is 13.1 Å². The summed E-state index contributed by atoms with van der Waals surface area (Å²) in [6.45, 7) is 8.38. The highest BCUT2D eigenvalue weighted by Crippen LogP contribution is 2.35. The second-order valence-electron chi connectivity index (χ2n) is 10.1. The van der Waals surface area contributed by atoms with Gasteiger partial charge in [0.25, 0.3) is 0 Å². The van der Waals surface area contributed by atoms with Gasteiger partial charge in [-0.3, -0.25) is 4.57 Å². The van der Waals surface area contributed by atoms with E-state index in [2.05, 4.69) is 0 Å². The predicted molar refractivity (Wildman–Crippen MR) is 132 cm³/mol. The molecule has 1 atom stereocenters. The minimum Gasteiger partial charge on any atom is -0.444 e. The van der Waals surface area contributed by atoms with Crippen molar-refractivity contribution in [3.63, 3.8) is 0 Å². The molecule has 1 aliphatic rings. The second kappa shape index (κ2) is 9.36. The monoisotopic (exact) mass is 519 g/mol. The average Bonchev–Trinajstić information content (AvgIpc) is 3.14. The minimum atomic E-state index is -4.33. The normalized spacial score (nSPS) is 16.3. The van der Waals surface area contributed by atoms with Gasteiger partial charge in [0.15, 0.2) is 11.4 Å². The van der Waals surface area contributed by atoms with Crippen molar-refractivity contribution in [2.24, 2.45) is 5.14 Å². The Hall–Kier alpha value is -3.18. The molecule has 2 N–H and O–H groups in total. The predicted octanol–water partition coefficient (Wildman–Crippen LogP) is 4.10. The van der Waals surface area contributed by atoms with Gasteiger partial charge in [-0.15, -0.1) is 0 Å². The maximum absolute atomic E-state index is 14.9. The van der Waals surface area contributed by atoms with E-state index in [0.29, 0.717) is 13.1 Å². The van der Waals surface area contributed by atoms with Crippen LogP contribution < -0.4 is 10.9 Å². The fourth-order valence-corrected chi connectivity index (χ4v) is 5.34. The number of amides is 1. The molecule has 9 nitrogen and oxygen atoms in total. The first-order valence-electron chi connectivity index (χ1n) is 11.7. The maximum Gasteiger partial charge on any atom is 0.420 e. The van der Waals surface area contributed by atoms with Crippen molar-refractivity contribution >= 4 is 27.2 Å². The molecule has 11 heteroatoms. The number of aromatic nitrogens is 1. The summed E-state index contributed by atoms with van der Waals surface area (Å²) in [7, 11) is -4.33. The molecule has 194 valence electrons. The van der Waals surface area contributed by atoms with Crippen molar-refractivity contribution in [2.45, 2.75) is 63.0 Å². The Morgan fingerprint density at radius 2 is 1.81 bits per heavy atom. The lowest BCUT2D eigenvalue weighted by atomic mass is 9.84. The number of fused-ring (bicyclic) bond motifs is 1. The molecular formula is C25H30FN3O6S. The van der Waals surface area contributed by atoms with Gasteiger partial charge in [-0.25, -0.2) is 27.5 Å². The number of primary sulfonamides is 1. The first-order valence-corrected chi connectivity index (χ1v) is 13.3. The summed E-state index contributed by atoms with van der Waals surface area (Å²) in [5.74, 6) is -1.86. The number of likely N-dealkylation sites (tertiary alicyclic amines) is 1. The number of nitrogens with two attached hydrogens (primary N) is 1. The molecule has 0 radical (unpaired) electrons. The van der Waals surface area contributed by atoms with Gasteiger partial charge in [0.2, 0.25) is 10.0 Å². The van der Waals surface area contributed by atoms with Crippen molar-refractivity contribution in [3.05, 3.63) is 63.9 Å². The van der Waals surface area contributed by atoms with Gasteiger partial charge in [0.1, 0.15) is 10.5 Å². The number of nitrogens with zero attached hydrogens (tertiary/aromatic N) is 2. The summed E-state index contributed by atoms with van der Waals surface area (Å²) < 4.78 is 50.1. The van der Waals surface area contributed by atoms with Crippen LogP contribution in [0.4, 0.5) is 9.18 Å². The van der Waals surface area contributed by atoms with E-state index in [4.69, 9.17) is 14.3 Å². The largest absolute Gasteiger partial charge is 0.444 e. The van der Waals surface area contributed by atoms with Crippen LogP contribution in [0.15, 0.2) is 50.5 Å². The number of benzene rings is 2. The maximum atomic E-state index is 14.9. The third kappa shape index (κ3) is 5.03. The van der Waals surface area contributed by atoms with Gasteiger partial charge in [-0.1, -0.05) is 24.3 Å². The highest BCUT2D eigenvalue weighted by molar-refractivity contribution is 7.89. The first-order chi connectivity index (χ1) is 16.8. The highest BCUT2D eigenvalue weighted by Gasteiger charge is 2.30. The topological polar surface area (TPSA) is 125 Å². The van der Waals surface area contributed by atoms with Crippen LogP contribution in [0.25, 0.3) is 11.1 Å². The van der Waals surface area contributed by atoms with Crippen LogP contribution in [0, 0.1) is 5.82 Å². The molecule has 0 saturated carbocycles. The standard InChI is InChI=1S/C25H30FN3O6S/c1-15(29-19-9-10-20(36(27,32)33)21(26)22(19)34-24(29)31)17-7-5-6-8-18(17)16-11-13-28(14-12-16)23(30)35-25(2,3)4/h5-10,15-16H,11-14H2,1-4H3,(H2,27,32,33)/t15-/m1/s1. The molecule has 0 unspecified atom stereocenters. The van der Waals surface area contributed by atoms with E-state index < -0.39 is 43.7 Å². The van der Waals surface area contributed by atoms with Crippen LogP contribution >= 0.6 is 0 Å². The summed E-state index contributed by atoms with van der Waals surface area (Å²) in [5, 5.41) is 5.08. The fourth-order valence-electron chi connectivity index (χ4n) is 4.74. The van der Waals surface area contributed by atoms with E-state index >= 15 is 0 Å². The van der Waals surface area contributed by atoms with E-state index in [1.54, 1.807) is 11.8 Å². The number of ether oxygens (including phenoxy) is 1. The molecule has 2 heterocycles. The number of carbonyl (C=O) groups is 1. The van der Waals surface area contributed by atoms with E-state index in [0.717, 1.165) is 30.0 Å². The number of rotatable bonds is 4. The van der Waals surface area contributed by atoms with Crippen LogP contribution in [0.5, 0.6) is 0 Å². The lowest BCUT2D eigenvalue weighted by Gasteiger charge is -2.34. The zero-order chi connectivity index (χ0) is 26.4. The smallest absolute Gasteiger partial charge is 0.420 e. The highest BCUT2D eigenvalue weighted by atomic mass is 32.2. The molecule has 1 aliphatic heterocycles. The molecule has 1 saturated heterocycles. The molecule has 1 fully saturated rings. The number of sulfonamides is 1. The van der Waals surface area contributed by atoms with Gasteiger partial charge in [-0.2, -0.15) is 0 Å². The number of piperidine rings is 1. The Balaban J connectivity index is 1.64. The van der Waals surface area contributed by atoms with E-state index in [-0.39, 0.29) is 17.5 Å². The Kier molecular flexibility index (Phi) is 6.74. The lowest BCUT2D eigenvalue weighted by molar-refractivity contribution is 0.0204. The molecule has 0 spiro atoms. The van der Waals surface area contributed by atoms with Crippen molar-refractivity contribution in [2.75, 3.05) is 13.1 Å². The van der Waals surface area contributed by atoms with Crippen molar-refractivity contribution in [1.82, 2.24) is 9.47 Å². The van der Waals surface area contributed by atoms with Gasteiger partial charge in [0.05, 0.1) is 11.6 Å². The first kappa shape index (κ1) is 25.9. The van der Waals surface area contributed by atoms with E-state index in [1.165, 1.54) is 10.6 Å². The van der Waals surface area contributed by atoms with Gasteiger partial charge < -0.3 is 14.1 Å². The fraction of sp³-hybridized carbons (Fsp3) is 0.440. The number of oxazole rings is 1. The van der Waals surface area contributed by atoms with Gasteiger partial charge >= 0.3 is 11.8 Å². The van der Waals surface area contributed by atoms with Crippen molar-refractivity contribution < 1.29 is 26.8 Å². The molecule has 36 heavy (non-hydrogen) atoms. The van der Waals surface area contributed by atoms with Crippen molar-refractivity contribution in [3.8, 4) is 0 Å². The third-order valence-electron chi connectivity index (χ3n) is 6.41. The molecule has 0 bridgehead atoms. The van der Waals surface area contributed by atoms with Crippen LogP contribution in [-0.4, -0.2) is 42.7 Å². The third-order valence-corrected chi connectivity index (χ3v) is 7.34. The van der Waals surface area contributed by atoms with Crippen LogP contribution in [0.2, 0.25) is 0 Å². The zero-order valence-electron chi connectivity index (χ0n) is 20.7. The number of halogens is 1. The molecule has 3 aromatic rings. The summed E-state index contributed by atoms with van der Waals surface area (Å²) in [6, 6.07) is 9.50. The number of hydrogen-bond donors (Lipinski definition) is 1. The van der Waals surface area contributed by atoms with Crippen molar-refractivity contribution in [1.29, 1.82) is 0 Å². The lowest BCUT2D eigenvalue weighted by Crippen LogP contribution is -2.41. The zero-order valence-corrected chi connectivity index (χ0v) is 21.5. The molecule has 1 amide bonds. The molecule has 1 aromatic heterocycles. The molecule has 4 rings (SSSR count). The van der Waals surface area contributed by atoms with Gasteiger partial charge in [-0.05, 0) is 69.7 Å². The minimum absolute atomic E-state index is 0.131. The molecule has 0 aliphatic carbocycles. The average molecular weight is 520 g/mol. The van der Waals surface area contributed by atoms with E-state index in [1.807, 2.05) is 45.0 Å². The molecular weight excluding hydrogens is 489 g/mol. The Labute approximate surface area is 208 Å². The summed E-state index contributed by atoms with van der Waals surface area (Å²) in [6.07, 6.45) is 1.10. The second-order valence-corrected chi connectivity index (χ2v) is 11.6. The summed E-state index contributed by atoms with van der Waals surface area (Å²) in [4.78, 5) is 26.2. The summed E-state index contributed by atoms with van der Waals surface area (Å²) >= 11 is 0. The van der Waals surface area contributed by atoms with Crippen LogP contribution in [0.3, 0.4) is 0 Å². The number of hydrogen-bond acceptors (Lipinski definition) is 6.